The lowest BCUT2D eigenvalue weighted by Crippen LogP contribution is -2.29. The van der Waals surface area contributed by atoms with Crippen LogP contribution in [0, 0.1) is 0 Å². The van der Waals surface area contributed by atoms with E-state index in [4.69, 9.17) is 23.2 Å². The average Bonchev–Trinajstić information content (AvgIpc) is 2.58. The molecule has 1 fully saturated rings. The molecule has 0 saturated carbocycles. The summed E-state index contributed by atoms with van der Waals surface area (Å²) in [6.45, 7) is 2.11. The zero-order valence-corrected chi connectivity index (χ0v) is 14.2. The van der Waals surface area contributed by atoms with Gasteiger partial charge in [-0.1, -0.05) is 35.3 Å². The third-order valence-electron chi connectivity index (χ3n) is 3.98. The zero-order chi connectivity index (χ0) is 16.2. The summed E-state index contributed by atoms with van der Waals surface area (Å²) in [5.41, 5.74) is 2.51. The maximum atomic E-state index is 10.0. The summed E-state index contributed by atoms with van der Waals surface area (Å²) in [7, 11) is 0. The van der Waals surface area contributed by atoms with Crippen LogP contribution in [0.2, 0.25) is 10.0 Å². The predicted molar refractivity (Wildman–Crippen MR) is 97.9 cm³/mol. The summed E-state index contributed by atoms with van der Waals surface area (Å²) in [6.07, 6.45) is 5.32. The van der Waals surface area contributed by atoms with Gasteiger partial charge in [0.25, 0.3) is 0 Å². The fraction of sp³-hybridized carbons (Fsp3) is 0.278. The number of hydrogen-bond acceptors (Lipinski definition) is 3. The molecule has 2 aromatic carbocycles. The summed E-state index contributed by atoms with van der Waals surface area (Å²) < 4.78 is 0. The molecule has 0 radical (unpaired) electrons. The molecule has 3 rings (SSSR count). The summed E-state index contributed by atoms with van der Waals surface area (Å²) in [4.78, 5) is 6.91. The van der Waals surface area contributed by atoms with Gasteiger partial charge in [-0.05, 0) is 43.5 Å². The standard InChI is InChI=1S/C18H18Cl2N2O/c19-14-10-13(18(23)15(20)11-14)12-21-16-6-2-3-7-17(16)22-8-4-1-5-9-22/h2-3,6-7,10-12,23H,1,4-5,8-9H2. The van der Waals surface area contributed by atoms with Crippen molar-refractivity contribution in [1.82, 2.24) is 0 Å². The Morgan fingerprint density at radius 2 is 1.78 bits per heavy atom. The molecule has 0 aromatic heterocycles. The topological polar surface area (TPSA) is 35.8 Å². The Morgan fingerprint density at radius 1 is 1.04 bits per heavy atom. The van der Waals surface area contributed by atoms with E-state index in [1.807, 2.05) is 18.2 Å². The van der Waals surface area contributed by atoms with Gasteiger partial charge in [-0.15, -0.1) is 0 Å². The van der Waals surface area contributed by atoms with Gasteiger partial charge in [-0.2, -0.15) is 0 Å². The number of aliphatic imine (C=N–C) groups is 1. The first-order valence-corrected chi connectivity index (χ1v) is 8.47. The van der Waals surface area contributed by atoms with Gasteiger partial charge in [-0.25, -0.2) is 0 Å². The number of anilines is 1. The van der Waals surface area contributed by atoms with Crippen LogP contribution in [0.1, 0.15) is 24.8 Å². The Morgan fingerprint density at radius 3 is 2.57 bits per heavy atom. The van der Waals surface area contributed by atoms with E-state index < -0.39 is 0 Å². The number of benzene rings is 2. The zero-order valence-electron chi connectivity index (χ0n) is 12.7. The summed E-state index contributed by atoms with van der Waals surface area (Å²) in [5.74, 6) is -0.00438. The van der Waals surface area contributed by atoms with Crippen LogP contribution in [-0.2, 0) is 0 Å². The van der Waals surface area contributed by atoms with E-state index in [1.165, 1.54) is 25.3 Å². The van der Waals surface area contributed by atoms with E-state index in [-0.39, 0.29) is 10.8 Å². The van der Waals surface area contributed by atoms with Crippen LogP contribution in [0.3, 0.4) is 0 Å². The van der Waals surface area contributed by atoms with E-state index in [2.05, 4.69) is 16.0 Å². The quantitative estimate of drug-likeness (QED) is 0.749. The molecule has 0 unspecified atom stereocenters. The van der Waals surface area contributed by atoms with E-state index in [9.17, 15) is 5.11 Å². The van der Waals surface area contributed by atoms with E-state index >= 15 is 0 Å². The van der Waals surface area contributed by atoms with Crippen molar-refractivity contribution in [3.63, 3.8) is 0 Å². The van der Waals surface area contributed by atoms with Gasteiger partial charge in [0.1, 0.15) is 5.75 Å². The molecule has 5 heteroatoms. The third kappa shape index (κ3) is 3.80. The highest BCUT2D eigenvalue weighted by atomic mass is 35.5. The van der Waals surface area contributed by atoms with Crippen LogP contribution < -0.4 is 4.90 Å². The van der Waals surface area contributed by atoms with Crippen LogP contribution in [0.25, 0.3) is 0 Å². The van der Waals surface area contributed by atoms with Crippen molar-refractivity contribution in [2.75, 3.05) is 18.0 Å². The van der Waals surface area contributed by atoms with Crippen molar-refractivity contribution in [3.05, 3.63) is 52.0 Å². The normalized spacial score (nSPS) is 15.3. The van der Waals surface area contributed by atoms with E-state index in [1.54, 1.807) is 12.3 Å². The Kier molecular flexibility index (Phi) is 5.09. The second-order valence-electron chi connectivity index (χ2n) is 5.62. The molecule has 1 heterocycles. The molecule has 0 bridgehead atoms. The van der Waals surface area contributed by atoms with Gasteiger partial charge in [0, 0.05) is 29.9 Å². The van der Waals surface area contributed by atoms with Crippen LogP contribution in [0.5, 0.6) is 5.75 Å². The van der Waals surface area contributed by atoms with Gasteiger partial charge in [0.05, 0.1) is 16.4 Å². The minimum atomic E-state index is -0.00438. The molecule has 0 aliphatic carbocycles. The van der Waals surface area contributed by atoms with Gasteiger partial charge in [0.2, 0.25) is 0 Å². The van der Waals surface area contributed by atoms with Gasteiger partial charge < -0.3 is 10.0 Å². The predicted octanol–water partition coefficient (Wildman–Crippen LogP) is 5.44. The highest BCUT2D eigenvalue weighted by Gasteiger charge is 2.13. The molecule has 0 spiro atoms. The SMILES string of the molecule is Oc1c(Cl)cc(Cl)cc1C=Nc1ccccc1N1CCCCC1. The molecular formula is C18H18Cl2N2O. The number of phenolic OH excluding ortho intramolecular Hbond substituents is 1. The monoisotopic (exact) mass is 348 g/mol. The number of aromatic hydroxyl groups is 1. The molecule has 23 heavy (non-hydrogen) atoms. The highest BCUT2D eigenvalue weighted by Crippen LogP contribution is 2.33. The molecule has 0 amide bonds. The van der Waals surface area contributed by atoms with Crippen molar-refractivity contribution < 1.29 is 5.11 Å². The molecule has 120 valence electrons. The van der Waals surface area contributed by atoms with Crippen molar-refractivity contribution in [2.24, 2.45) is 4.99 Å². The van der Waals surface area contributed by atoms with E-state index in [0.29, 0.717) is 10.6 Å². The van der Waals surface area contributed by atoms with Crippen LogP contribution in [0.4, 0.5) is 11.4 Å². The van der Waals surface area contributed by atoms with Crippen LogP contribution >= 0.6 is 23.2 Å². The first-order valence-electron chi connectivity index (χ1n) is 7.71. The van der Waals surface area contributed by atoms with Crippen molar-refractivity contribution in [3.8, 4) is 5.75 Å². The Labute approximate surface area is 146 Å². The largest absolute Gasteiger partial charge is 0.506 e. The van der Waals surface area contributed by atoms with Gasteiger partial charge in [-0.3, -0.25) is 4.99 Å². The van der Waals surface area contributed by atoms with Crippen molar-refractivity contribution >= 4 is 40.8 Å². The smallest absolute Gasteiger partial charge is 0.143 e. The molecule has 1 aliphatic rings. The van der Waals surface area contributed by atoms with Gasteiger partial charge >= 0.3 is 0 Å². The number of halogens is 2. The number of rotatable bonds is 3. The van der Waals surface area contributed by atoms with Crippen LogP contribution in [-0.4, -0.2) is 24.4 Å². The Bertz CT molecular complexity index is 725. The molecule has 1 saturated heterocycles. The number of nitrogens with zero attached hydrogens (tertiary/aromatic N) is 2. The molecule has 1 aliphatic heterocycles. The number of hydrogen-bond donors (Lipinski definition) is 1. The number of phenols is 1. The Hall–Kier alpha value is -1.71. The lowest BCUT2D eigenvalue weighted by atomic mass is 10.1. The second kappa shape index (κ2) is 7.24. The maximum Gasteiger partial charge on any atom is 0.143 e. The van der Waals surface area contributed by atoms with E-state index in [0.717, 1.165) is 24.5 Å². The number of para-hydroxylation sites is 2. The fourth-order valence-corrected chi connectivity index (χ4v) is 3.31. The first kappa shape index (κ1) is 16.2. The highest BCUT2D eigenvalue weighted by molar-refractivity contribution is 6.36. The Balaban J connectivity index is 1.91. The fourth-order valence-electron chi connectivity index (χ4n) is 2.80. The van der Waals surface area contributed by atoms with Crippen LogP contribution in [0.15, 0.2) is 41.4 Å². The molecule has 1 N–H and O–H groups in total. The lowest BCUT2D eigenvalue weighted by molar-refractivity contribution is 0.475. The molecule has 0 atom stereocenters. The summed E-state index contributed by atoms with van der Waals surface area (Å²) in [6, 6.07) is 11.2. The van der Waals surface area contributed by atoms with Crippen molar-refractivity contribution in [1.29, 1.82) is 0 Å². The molecular weight excluding hydrogens is 331 g/mol. The second-order valence-corrected chi connectivity index (χ2v) is 6.46. The molecule has 3 nitrogen and oxygen atoms in total. The minimum Gasteiger partial charge on any atom is -0.506 e. The minimum absolute atomic E-state index is 0.00438. The maximum absolute atomic E-state index is 10.0. The lowest BCUT2D eigenvalue weighted by Gasteiger charge is -2.29. The average molecular weight is 349 g/mol. The summed E-state index contributed by atoms with van der Waals surface area (Å²) in [5, 5.41) is 10.7. The van der Waals surface area contributed by atoms with Gasteiger partial charge in [0.15, 0.2) is 0 Å². The number of piperidine rings is 1. The first-order chi connectivity index (χ1) is 11.1. The van der Waals surface area contributed by atoms with Crippen molar-refractivity contribution in [2.45, 2.75) is 19.3 Å². The third-order valence-corrected chi connectivity index (χ3v) is 4.49. The molecule has 2 aromatic rings. The summed E-state index contributed by atoms with van der Waals surface area (Å²) >= 11 is 11.9.